The molecule has 0 radical (unpaired) electrons. The molecular formula is C17H30N2O. The van der Waals surface area contributed by atoms with Crippen LogP contribution in [0.4, 0.5) is 0 Å². The molecule has 0 aliphatic rings. The molecule has 0 fully saturated rings. The highest BCUT2D eigenvalue weighted by molar-refractivity contribution is 5.27. The SMILES string of the molecule is CC(C)c1cc(CNC(C)(C)C)cc(OC(C)(C)C)n1. The number of pyridine rings is 1. The minimum Gasteiger partial charge on any atom is -0.472 e. The maximum absolute atomic E-state index is 5.93. The number of rotatable bonds is 4. The molecule has 20 heavy (non-hydrogen) atoms. The Morgan fingerprint density at radius 2 is 1.70 bits per heavy atom. The highest BCUT2D eigenvalue weighted by atomic mass is 16.5. The van der Waals surface area contributed by atoms with Crippen LogP contribution < -0.4 is 10.1 Å². The summed E-state index contributed by atoms with van der Waals surface area (Å²) in [6.07, 6.45) is 0. The monoisotopic (exact) mass is 278 g/mol. The Kier molecular flexibility index (Phi) is 5.20. The molecule has 0 amide bonds. The maximum atomic E-state index is 5.93. The van der Waals surface area contributed by atoms with Crippen molar-refractivity contribution in [2.45, 2.75) is 79.0 Å². The molecule has 3 nitrogen and oxygen atoms in total. The van der Waals surface area contributed by atoms with E-state index in [1.54, 1.807) is 0 Å². The average Bonchev–Trinajstić information content (AvgIpc) is 2.22. The lowest BCUT2D eigenvalue weighted by Crippen LogP contribution is -2.35. The van der Waals surface area contributed by atoms with E-state index in [-0.39, 0.29) is 11.1 Å². The van der Waals surface area contributed by atoms with E-state index in [4.69, 9.17) is 4.74 Å². The van der Waals surface area contributed by atoms with E-state index in [9.17, 15) is 0 Å². The van der Waals surface area contributed by atoms with Crippen molar-refractivity contribution < 1.29 is 4.74 Å². The Morgan fingerprint density at radius 1 is 1.10 bits per heavy atom. The fraction of sp³-hybridized carbons (Fsp3) is 0.706. The van der Waals surface area contributed by atoms with Crippen LogP contribution in [0.5, 0.6) is 5.88 Å². The molecule has 114 valence electrons. The molecule has 0 atom stereocenters. The maximum Gasteiger partial charge on any atom is 0.214 e. The van der Waals surface area contributed by atoms with Gasteiger partial charge in [0.15, 0.2) is 0 Å². The summed E-state index contributed by atoms with van der Waals surface area (Å²) in [5.41, 5.74) is 2.18. The van der Waals surface area contributed by atoms with Crippen LogP contribution in [0.1, 0.15) is 72.6 Å². The standard InChI is InChI=1S/C17H30N2O/c1-12(2)14-9-13(11-18-16(3,4)5)10-15(19-14)20-17(6,7)8/h9-10,12,18H,11H2,1-8H3. The molecule has 1 aromatic rings. The molecule has 3 heteroatoms. The molecule has 1 rings (SSSR count). The quantitative estimate of drug-likeness (QED) is 0.893. The predicted molar refractivity (Wildman–Crippen MR) is 85.3 cm³/mol. The number of nitrogens with zero attached hydrogens (tertiary/aromatic N) is 1. The molecule has 0 aliphatic heterocycles. The van der Waals surface area contributed by atoms with Crippen molar-refractivity contribution >= 4 is 0 Å². The van der Waals surface area contributed by atoms with Gasteiger partial charge in [-0.25, -0.2) is 4.98 Å². The number of ether oxygens (including phenoxy) is 1. The van der Waals surface area contributed by atoms with E-state index < -0.39 is 0 Å². The van der Waals surface area contributed by atoms with E-state index in [1.165, 1.54) is 5.56 Å². The second-order valence-electron chi connectivity index (χ2n) is 7.71. The summed E-state index contributed by atoms with van der Waals surface area (Å²) in [7, 11) is 0. The normalized spacial score (nSPS) is 12.8. The second-order valence-corrected chi connectivity index (χ2v) is 7.71. The van der Waals surface area contributed by atoms with E-state index in [0.717, 1.165) is 18.1 Å². The van der Waals surface area contributed by atoms with Gasteiger partial charge in [-0.3, -0.25) is 0 Å². The molecule has 0 bridgehead atoms. The van der Waals surface area contributed by atoms with Gasteiger partial charge in [-0.2, -0.15) is 0 Å². The lowest BCUT2D eigenvalue weighted by atomic mass is 10.1. The van der Waals surface area contributed by atoms with Gasteiger partial charge < -0.3 is 10.1 Å². The average molecular weight is 278 g/mol. The van der Waals surface area contributed by atoms with Crippen LogP contribution in [0.2, 0.25) is 0 Å². The second kappa shape index (κ2) is 6.13. The molecular weight excluding hydrogens is 248 g/mol. The summed E-state index contributed by atoms with van der Waals surface area (Å²) in [4.78, 5) is 4.61. The molecule has 1 aromatic heterocycles. The molecule has 0 saturated carbocycles. The van der Waals surface area contributed by atoms with Crippen LogP contribution in [0.3, 0.4) is 0 Å². The topological polar surface area (TPSA) is 34.1 Å². The smallest absolute Gasteiger partial charge is 0.214 e. The fourth-order valence-corrected chi connectivity index (χ4v) is 1.71. The Hall–Kier alpha value is -1.09. The zero-order valence-electron chi connectivity index (χ0n) is 14.3. The summed E-state index contributed by atoms with van der Waals surface area (Å²) in [6, 6.07) is 4.20. The van der Waals surface area contributed by atoms with Crippen LogP contribution in [0.15, 0.2) is 12.1 Å². The molecule has 0 saturated heterocycles. The predicted octanol–water partition coefficient (Wildman–Crippen LogP) is 4.27. The number of nitrogens with one attached hydrogen (secondary N) is 1. The lowest BCUT2D eigenvalue weighted by molar-refractivity contribution is 0.123. The molecule has 1 heterocycles. The van der Waals surface area contributed by atoms with Crippen LogP contribution >= 0.6 is 0 Å². The number of aromatic nitrogens is 1. The van der Waals surface area contributed by atoms with Gasteiger partial charge in [0.2, 0.25) is 5.88 Å². The van der Waals surface area contributed by atoms with E-state index >= 15 is 0 Å². The molecule has 0 aromatic carbocycles. The Labute approximate surface area is 124 Å². The van der Waals surface area contributed by atoms with E-state index in [1.807, 2.05) is 26.8 Å². The highest BCUT2D eigenvalue weighted by Gasteiger charge is 2.16. The van der Waals surface area contributed by atoms with Crippen molar-refractivity contribution in [3.63, 3.8) is 0 Å². The summed E-state index contributed by atoms with van der Waals surface area (Å²) in [5, 5.41) is 3.51. The van der Waals surface area contributed by atoms with Crippen LogP contribution in [-0.2, 0) is 6.54 Å². The summed E-state index contributed by atoms with van der Waals surface area (Å²) >= 11 is 0. The zero-order chi connectivity index (χ0) is 15.6. The third-order valence-corrected chi connectivity index (χ3v) is 2.71. The highest BCUT2D eigenvalue weighted by Crippen LogP contribution is 2.22. The molecule has 0 aliphatic carbocycles. The van der Waals surface area contributed by atoms with E-state index in [0.29, 0.717) is 5.92 Å². The van der Waals surface area contributed by atoms with Crippen LogP contribution in [0, 0.1) is 0 Å². The van der Waals surface area contributed by atoms with Crippen molar-refractivity contribution in [2.24, 2.45) is 0 Å². The fourth-order valence-electron chi connectivity index (χ4n) is 1.71. The van der Waals surface area contributed by atoms with Crippen LogP contribution in [-0.4, -0.2) is 16.1 Å². The van der Waals surface area contributed by atoms with Gasteiger partial charge in [-0.05, 0) is 59.1 Å². The molecule has 0 spiro atoms. The number of hydrogen-bond acceptors (Lipinski definition) is 3. The lowest BCUT2D eigenvalue weighted by Gasteiger charge is -2.23. The van der Waals surface area contributed by atoms with Gasteiger partial charge in [0, 0.05) is 23.8 Å². The molecule has 0 unspecified atom stereocenters. The van der Waals surface area contributed by atoms with Gasteiger partial charge in [-0.15, -0.1) is 0 Å². The Bertz CT molecular complexity index is 439. The van der Waals surface area contributed by atoms with Gasteiger partial charge in [0.1, 0.15) is 5.60 Å². The third-order valence-electron chi connectivity index (χ3n) is 2.71. The first kappa shape index (κ1) is 17.0. The minimum atomic E-state index is -0.225. The van der Waals surface area contributed by atoms with Crippen molar-refractivity contribution in [1.29, 1.82) is 0 Å². The molecule has 1 N–H and O–H groups in total. The van der Waals surface area contributed by atoms with Crippen molar-refractivity contribution in [3.8, 4) is 5.88 Å². The first-order valence-corrected chi connectivity index (χ1v) is 7.41. The summed E-state index contributed by atoms with van der Waals surface area (Å²) in [5.74, 6) is 1.11. The first-order valence-electron chi connectivity index (χ1n) is 7.41. The summed E-state index contributed by atoms with van der Waals surface area (Å²) < 4.78 is 5.93. The van der Waals surface area contributed by atoms with Gasteiger partial charge in [-0.1, -0.05) is 13.8 Å². The number of hydrogen-bond donors (Lipinski definition) is 1. The third kappa shape index (κ3) is 6.38. The van der Waals surface area contributed by atoms with Crippen LogP contribution in [0.25, 0.3) is 0 Å². The minimum absolute atomic E-state index is 0.103. The van der Waals surface area contributed by atoms with Crippen molar-refractivity contribution in [3.05, 3.63) is 23.4 Å². The summed E-state index contributed by atoms with van der Waals surface area (Å²) in [6.45, 7) is 17.8. The van der Waals surface area contributed by atoms with E-state index in [2.05, 4.69) is 51.0 Å². The van der Waals surface area contributed by atoms with Crippen molar-refractivity contribution in [2.75, 3.05) is 0 Å². The Morgan fingerprint density at radius 3 is 2.15 bits per heavy atom. The zero-order valence-corrected chi connectivity index (χ0v) is 14.3. The van der Waals surface area contributed by atoms with Gasteiger partial charge in [0.05, 0.1) is 0 Å². The largest absolute Gasteiger partial charge is 0.472 e. The van der Waals surface area contributed by atoms with Crippen molar-refractivity contribution in [1.82, 2.24) is 10.3 Å². The van der Waals surface area contributed by atoms with Gasteiger partial charge >= 0.3 is 0 Å². The van der Waals surface area contributed by atoms with Gasteiger partial charge in [0.25, 0.3) is 0 Å². The Balaban J connectivity index is 2.99. The first-order chi connectivity index (χ1) is 8.96.